The van der Waals surface area contributed by atoms with Crippen molar-refractivity contribution in [1.82, 2.24) is 29.8 Å². The molecule has 8 nitrogen and oxygen atoms in total. The first kappa shape index (κ1) is 16.4. The number of benzene rings is 1. The third kappa shape index (κ3) is 2.71. The molecule has 4 aromatic rings. The van der Waals surface area contributed by atoms with E-state index in [9.17, 15) is 4.79 Å². The Morgan fingerprint density at radius 3 is 2.83 bits per heavy atom. The predicted octanol–water partition coefficient (Wildman–Crippen LogP) is 3.01. The van der Waals surface area contributed by atoms with Crippen LogP contribution in [0.3, 0.4) is 0 Å². The fourth-order valence-electron chi connectivity index (χ4n) is 3.93. The van der Waals surface area contributed by atoms with E-state index in [0.717, 1.165) is 29.9 Å². The highest BCUT2D eigenvalue weighted by molar-refractivity contribution is 6.09. The van der Waals surface area contributed by atoms with Gasteiger partial charge in [0.1, 0.15) is 12.0 Å². The van der Waals surface area contributed by atoms with Crippen molar-refractivity contribution >= 4 is 17.0 Å². The molecule has 0 saturated heterocycles. The summed E-state index contributed by atoms with van der Waals surface area (Å²) >= 11 is 0. The number of hydrogen-bond acceptors (Lipinski definition) is 6. The first-order valence-electron chi connectivity index (χ1n) is 9.79. The van der Waals surface area contributed by atoms with Crippen molar-refractivity contribution in [2.24, 2.45) is 0 Å². The number of carbonyl (C=O) groups excluding carboxylic acids is 1. The number of nitrogens with zero attached hydrogens (tertiary/aromatic N) is 6. The largest absolute Gasteiger partial charge is 0.335 e. The fraction of sp³-hybridized carbons (Fsp3) is 0.286. The molecule has 8 heteroatoms. The lowest BCUT2D eigenvalue weighted by Crippen LogP contribution is -2.38. The third-order valence-corrected chi connectivity index (χ3v) is 5.67. The van der Waals surface area contributed by atoms with Crippen LogP contribution >= 0.6 is 0 Å². The molecular formula is C21H18N6O2. The topological polar surface area (TPSA) is 89.9 Å². The minimum absolute atomic E-state index is 0.0473. The van der Waals surface area contributed by atoms with Gasteiger partial charge in [-0.3, -0.25) is 4.79 Å². The first-order chi connectivity index (χ1) is 14.3. The average molecular weight is 386 g/mol. The number of amides is 1. The van der Waals surface area contributed by atoms with Gasteiger partial charge in [-0.1, -0.05) is 35.5 Å². The molecule has 0 N–H and O–H groups in total. The van der Waals surface area contributed by atoms with E-state index in [1.807, 2.05) is 45.9 Å². The van der Waals surface area contributed by atoms with Gasteiger partial charge in [-0.15, -0.1) is 10.2 Å². The standard InChI is InChI=1S/C21H18N6O2/c28-21(26-8-9-27-12-22-24-17(27)11-26)15-10-16(13-6-7-13)23-20-18(15)19(25-29-20)14-4-2-1-3-5-14/h1-5,10,12-13H,6-9,11H2. The molecular weight excluding hydrogens is 368 g/mol. The number of pyridine rings is 1. The summed E-state index contributed by atoms with van der Waals surface area (Å²) in [6.07, 6.45) is 3.90. The molecule has 144 valence electrons. The van der Waals surface area contributed by atoms with E-state index in [0.29, 0.717) is 47.9 Å². The van der Waals surface area contributed by atoms with E-state index in [1.54, 1.807) is 6.33 Å². The Hall–Kier alpha value is -3.55. The molecule has 1 fully saturated rings. The molecule has 4 heterocycles. The number of aromatic nitrogens is 5. The second-order valence-electron chi connectivity index (χ2n) is 7.61. The predicted molar refractivity (Wildman–Crippen MR) is 104 cm³/mol. The van der Waals surface area contributed by atoms with E-state index < -0.39 is 0 Å². The molecule has 1 aliphatic heterocycles. The molecule has 1 aliphatic carbocycles. The van der Waals surface area contributed by atoms with Crippen molar-refractivity contribution in [3.63, 3.8) is 0 Å². The van der Waals surface area contributed by atoms with E-state index in [1.165, 1.54) is 0 Å². The Morgan fingerprint density at radius 1 is 1.14 bits per heavy atom. The quantitative estimate of drug-likeness (QED) is 0.538. The normalized spacial score (nSPS) is 16.2. The monoisotopic (exact) mass is 386 g/mol. The number of carbonyl (C=O) groups is 1. The summed E-state index contributed by atoms with van der Waals surface area (Å²) in [5.74, 6) is 1.15. The van der Waals surface area contributed by atoms with Crippen LogP contribution in [0.1, 0.15) is 40.6 Å². The van der Waals surface area contributed by atoms with Crippen molar-refractivity contribution in [1.29, 1.82) is 0 Å². The molecule has 29 heavy (non-hydrogen) atoms. The minimum atomic E-state index is -0.0473. The fourth-order valence-corrected chi connectivity index (χ4v) is 3.93. The number of hydrogen-bond donors (Lipinski definition) is 0. The Bertz CT molecular complexity index is 1220. The zero-order valence-corrected chi connectivity index (χ0v) is 15.7. The van der Waals surface area contributed by atoms with Gasteiger partial charge in [0, 0.05) is 30.3 Å². The van der Waals surface area contributed by atoms with E-state index in [-0.39, 0.29) is 5.91 Å². The van der Waals surface area contributed by atoms with Gasteiger partial charge in [0.25, 0.3) is 11.6 Å². The number of rotatable bonds is 3. The molecule has 0 atom stereocenters. The van der Waals surface area contributed by atoms with Gasteiger partial charge in [0.05, 0.1) is 17.5 Å². The lowest BCUT2D eigenvalue weighted by Gasteiger charge is -2.27. The van der Waals surface area contributed by atoms with Crippen molar-refractivity contribution in [3.05, 3.63) is 59.8 Å². The van der Waals surface area contributed by atoms with Crippen LogP contribution in [-0.4, -0.2) is 42.3 Å². The van der Waals surface area contributed by atoms with Crippen molar-refractivity contribution in [2.75, 3.05) is 6.54 Å². The second-order valence-corrected chi connectivity index (χ2v) is 7.61. The van der Waals surface area contributed by atoms with E-state index in [2.05, 4.69) is 20.3 Å². The van der Waals surface area contributed by atoms with Crippen LogP contribution in [0.15, 0.2) is 47.2 Å². The summed E-state index contributed by atoms with van der Waals surface area (Å²) in [6.45, 7) is 1.73. The van der Waals surface area contributed by atoms with Crippen molar-refractivity contribution in [2.45, 2.75) is 31.8 Å². The molecule has 0 spiro atoms. The maximum absolute atomic E-state index is 13.6. The minimum Gasteiger partial charge on any atom is -0.335 e. The summed E-state index contributed by atoms with van der Waals surface area (Å²) < 4.78 is 7.57. The van der Waals surface area contributed by atoms with Gasteiger partial charge in [-0.25, -0.2) is 4.98 Å². The zero-order valence-electron chi connectivity index (χ0n) is 15.7. The molecule has 6 rings (SSSR count). The number of fused-ring (bicyclic) bond motifs is 2. The molecule has 0 bridgehead atoms. The van der Waals surface area contributed by atoms with Gasteiger partial charge in [0.2, 0.25) is 0 Å². The van der Waals surface area contributed by atoms with Crippen LogP contribution in [0, 0.1) is 0 Å². The van der Waals surface area contributed by atoms with Gasteiger partial charge in [-0.05, 0) is 18.9 Å². The molecule has 2 aliphatic rings. The van der Waals surface area contributed by atoms with Crippen molar-refractivity contribution < 1.29 is 9.32 Å². The molecule has 1 amide bonds. The highest BCUT2D eigenvalue weighted by Crippen LogP contribution is 2.41. The molecule has 1 aromatic carbocycles. The summed E-state index contributed by atoms with van der Waals surface area (Å²) in [7, 11) is 0. The smallest absolute Gasteiger partial charge is 0.259 e. The summed E-state index contributed by atoms with van der Waals surface area (Å²) in [4.78, 5) is 20.1. The van der Waals surface area contributed by atoms with Crippen LogP contribution in [0.5, 0.6) is 0 Å². The van der Waals surface area contributed by atoms with E-state index in [4.69, 9.17) is 4.52 Å². The summed E-state index contributed by atoms with van der Waals surface area (Å²) in [6, 6.07) is 11.7. The molecule has 0 radical (unpaired) electrons. The Labute approximate surface area is 166 Å². The van der Waals surface area contributed by atoms with Crippen LogP contribution in [0.4, 0.5) is 0 Å². The lowest BCUT2D eigenvalue weighted by molar-refractivity contribution is 0.0709. The van der Waals surface area contributed by atoms with Crippen molar-refractivity contribution in [3.8, 4) is 11.3 Å². The van der Waals surface area contributed by atoms with Crippen LogP contribution in [0.2, 0.25) is 0 Å². The maximum atomic E-state index is 13.6. The highest BCUT2D eigenvalue weighted by Gasteiger charge is 2.31. The molecule has 3 aromatic heterocycles. The first-order valence-corrected chi connectivity index (χ1v) is 9.79. The second kappa shape index (κ2) is 6.23. The Balaban J connectivity index is 1.49. The summed E-state index contributed by atoms with van der Waals surface area (Å²) in [5, 5.41) is 13.0. The lowest BCUT2D eigenvalue weighted by atomic mass is 10.0. The van der Waals surface area contributed by atoms with Crippen LogP contribution in [-0.2, 0) is 13.1 Å². The van der Waals surface area contributed by atoms with Gasteiger partial charge < -0.3 is 14.0 Å². The molecule has 1 saturated carbocycles. The Kier molecular flexibility index (Phi) is 3.53. The van der Waals surface area contributed by atoms with Gasteiger partial charge in [0.15, 0.2) is 5.82 Å². The van der Waals surface area contributed by atoms with Gasteiger partial charge >= 0.3 is 0 Å². The highest BCUT2D eigenvalue weighted by atomic mass is 16.5. The van der Waals surface area contributed by atoms with Gasteiger partial charge in [-0.2, -0.15) is 0 Å². The molecule has 0 unspecified atom stereocenters. The maximum Gasteiger partial charge on any atom is 0.259 e. The summed E-state index contributed by atoms with van der Waals surface area (Å²) in [5.41, 5.74) is 3.50. The van der Waals surface area contributed by atoms with E-state index >= 15 is 0 Å². The van der Waals surface area contributed by atoms with Crippen LogP contribution < -0.4 is 0 Å². The zero-order chi connectivity index (χ0) is 19.4. The average Bonchev–Trinajstić information content (AvgIpc) is 3.36. The van der Waals surface area contributed by atoms with Crippen LogP contribution in [0.25, 0.3) is 22.4 Å². The third-order valence-electron chi connectivity index (χ3n) is 5.67. The SMILES string of the molecule is O=C(c1cc(C2CC2)nc2onc(-c3ccccc3)c12)N1CCn2cnnc2C1. The Morgan fingerprint density at radius 2 is 2.00 bits per heavy atom.